The van der Waals surface area contributed by atoms with Crippen LogP contribution in [0.5, 0.6) is 0 Å². The Morgan fingerprint density at radius 3 is 3.04 bits per heavy atom. The molecule has 1 aliphatic rings. The molecule has 122 valence electrons. The molecular formula is C17H21ClN4S. The van der Waals surface area contributed by atoms with Gasteiger partial charge in [0, 0.05) is 41.8 Å². The van der Waals surface area contributed by atoms with Crippen LogP contribution in [0.25, 0.3) is 0 Å². The maximum absolute atomic E-state index is 6.09. The second-order valence-corrected chi connectivity index (χ2v) is 7.03. The molecule has 1 saturated heterocycles. The Morgan fingerprint density at radius 2 is 2.30 bits per heavy atom. The van der Waals surface area contributed by atoms with Gasteiger partial charge < -0.3 is 15.5 Å². The lowest BCUT2D eigenvalue weighted by atomic mass is 10.3. The molecule has 0 spiro atoms. The van der Waals surface area contributed by atoms with Crippen molar-refractivity contribution in [3.63, 3.8) is 0 Å². The largest absolute Gasteiger partial charge is 0.369 e. The standard InChI is InChI=1S/C17H21ClN4S/c1-19-17(20-11-16-6-3-9-23-16)21-14-7-8-22(12-14)15-5-2-4-13(18)10-15/h2-6,9-10,14H,7-8,11-12H2,1H3,(H2,19,20,21). The number of hydrogen-bond acceptors (Lipinski definition) is 3. The lowest BCUT2D eigenvalue weighted by Crippen LogP contribution is -2.44. The summed E-state index contributed by atoms with van der Waals surface area (Å²) in [6, 6.07) is 12.6. The topological polar surface area (TPSA) is 39.7 Å². The van der Waals surface area contributed by atoms with Gasteiger partial charge in [0.15, 0.2) is 5.96 Å². The van der Waals surface area contributed by atoms with Gasteiger partial charge in [0.25, 0.3) is 0 Å². The summed E-state index contributed by atoms with van der Waals surface area (Å²) in [7, 11) is 1.81. The third kappa shape index (κ3) is 4.39. The van der Waals surface area contributed by atoms with E-state index in [0.717, 1.165) is 37.0 Å². The van der Waals surface area contributed by atoms with E-state index in [1.54, 1.807) is 11.3 Å². The van der Waals surface area contributed by atoms with Crippen molar-refractivity contribution in [2.75, 3.05) is 25.0 Å². The first-order chi connectivity index (χ1) is 11.2. The average molecular weight is 349 g/mol. The summed E-state index contributed by atoms with van der Waals surface area (Å²) in [5.41, 5.74) is 1.18. The Labute approximate surface area is 146 Å². The fourth-order valence-corrected chi connectivity index (χ4v) is 3.59. The molecule has 4 nitrogen and oxygen atoms in total. The maximum atomic E-state index is 6.09. The maximum Gasteiger partial charge on any atom is 0.191 e. The summed E-state index contributed by atoms with van der Waals surface area (Å²) < 4.78 is 0. The molecule has 1 aliphatic heterocycles. The van der Waals surface area contributed by atoms with E-state index in [2.05, 4.69) is 44.1 Å². The first kappa shape index (κ1) is 16.1. The monoisotopic (exact) mass is 348 g/mol. The van der Waals surface area contributed by atoms with Crippen molar-refractivity contribution in [3.05, 3.63) is 51.7 Å². The van der Waals surface area contributed by atoms with E-state index in [1.807, 2.05) is 25.2 Å². The summed E-state index contributed by atoms with van der Waals surface area (Å²) in [5, 5.41) is 9.76. The van der Waals surface area contributed by atoms with Crippen molar-refractivity contribution in [1.29, 1.82) is 0 Å². The van der Waals surface area contributed by atoms with Crippen LogP contribution in [0.15, 0.2) is 46.8 Å². The summed E-state index contributed by atoms with van der Waals surface area (Å²) >= 11 is 7.84. The summed E-state index contributed by atoms with van der Waals surface area (Å²) in [5.74, 6) is 0.858. The van der Waals surface area contributed by atoms with E-state index in [9.17, 15) is 0 Å². The Morgan fingerprint density at radius 1 is 1.39 bits per heavy atom. The number of nitrogens with zero attached hydrogens (tertiary/aromatic N) is 2. The van der Waals surface area contributed by atoms with Gasteiger partial charge in [-0.2, -0.15) is 0 Å². The number of benzene rings is 1. The van der Waals surface area contributed by atoms with Gasteiger partial charge in [-0.3, -0.25) is 4.99 Å². The Balaban J connectivity index is 1.52. The van der Waals surface area contributed by atoms with Gasteiger partial charge in [-0.05, 0) is 36.1 Å². The quantitative estimate of drug-likeness (QED) is 0.657. The highest BCUT2D eigenvalue weighted by Crippen LogP contribution is 2.23. The zero-order valence-corrected chi connectivity index (χ0v) is 14.7. The van der Waals surface area contributed by atoms with Crippen molar-refractivity contribution in [1.82, 2.24) is 10.6 Å². The zero-order valence-electron chi connectivity index (χ0n) is 13.1. The van der Waals surface area contributed by atoms with Crippen LogP contribution < -0.4 is 15.5 Å². The van der Waals surface area contributed by atoms with Gasteiger partial charge in [-0.1, -0.05) is 23.7 Å². The molecular weight excluding hydrogens is 328 g/mol. The van der Waals surface area contributed by atoms with Crippen LogP contribution in [0, 0.1) is 0 Å². The van der Waals surface area contributed by atoms with E-state index in [1.165, 1.54) is 10.6 Å². The molecule has 1 fully saturated rings. The lowest BCUT2D eigenvalue weighted by molar-refractivity contribution is 0.649. The highest BCUT2D eigenvalue weighted by molar-refractivity contribution is 7.09. The number of halogens is 1. The van der Waals surface area contributed by atoms with Crippen molar-refractivity contribution < 1.29 is 0 Å². The highest BCUT2D eigenvalue weighted by Gasteiger charge is 2.23. The minimum Gasteiger partial charge on any atom is -0.369 e. The van der Waals surface area contributed by atoms with Crippen molar-refractivity contribution >= 4 is 34.6 Å². The molecule has 0 bridgehead atoms. The summed E-state index contributed by atoms with van der Waals surface area (Å²) in [6.07, 6.45) is 1.09. The zero-order chi connectivity index (χ0) is 16.1. The second-order valence-electron chi connectivity index (χ2n) is 5.56. The van der Waals surface area contributed by atoms with Crippen LogP contribution in [-0.4, -0.2) is 32.1 Å². The van der Waals surface area contributed by atoms with Crippen LogP contribution >= 0.6 is 22.9 Å². The predicted molar refractivity (Wildman–Crippen MR) is 99.7 cm³/mol. The highest BCUT2D eigenvalue weighted by atomic mass is 35.5. The molecule has 0 radical (unpaired) electrons. The van der Waals surface area contributed by atoms with Gasteiger partial charge in [0.2, 0.25) is 0 Å². The normalized spacial score (nSPS) is 18.3. The van der Waals surface area contributed by atoms with E-state index in [-0.39, 0.29) is 0 Å². The van der Waals surface area contributed by atoms with Gasteiger partial charge in [0.1, 0.15) is 0 Å². The van der Waals surface area contributed by atoms with E-state index >= 15 is 0 Å². The third-order valence-electron chi connectivity index (χ3n) is 3.94. The SMILES string of the molecule is CN=C(NCc1cccs1)NC1CCN(c2cccc(Cl)c2)C1. The molecule has 2 aromatic rings. The molecule has 6 heteroatoms. The van der Waals surface area contributed by atoms with Crippen LogP contribution in [0.2, 0.25) is 5.02 Å². The van der Waals surface area contributed by atoms with E-state index in [0.29, 0.717) is 6.04 Å². The fraction of sp³-hybridized carbons (Fsp3) is 0.353. The number of anilines is 1. The van der Waals surface area contributed by atoms with Crippen LogP contribution in [0.4, 0.5) is 5.69 Å². The lowest BCUT2D eigenvalue weighted by Gasteiger charge is -2.20. The molecule has 0 aliphatic carbocycles. The smallest absolute Gasteiger partial charge is 0.191 e. The minimum absolute atomic E-state index is 0.392. The molecule has 1 aromatic carbocycles. The number of aliphatic imine (C=N–C) groups is 1. The Kier molecular flexibility index (Phi) is 5.41. The number of thiophene rings is 1. The van der Waals surface area contributed by atoms with Crippen molar-refractivity contribution in [2.45, 2.75) is 19.0 Å². The second kappa shape index (κ2) is 7.70. The Bertz CT molecular complexity index is 656. The number of rotatable bonds is 4. The third-order valence-corrected chi connectivity index (χ3v) is 5.05. The van der Waals surface area contributed by atoms with Gasteiger partial charge in [0.05, 0.1) is 6.54 Å². The van der Waals surface area contributed by atoms with Gasteiger partial charge >= 0.3 is 0 Å². The number of guanidine groups is 1. The summed E-state index contributed by atoms with van der Waals surface area (Å²) in [6.45, 7) is 2.79. The van der Waals surface area contributed by atoms with Crippen molar-refractivity contribution in [2.24, 2.45) is 4.99 Å². The first-order valence-electron chi connectivity index (χ1n) is 7.74. The molecule has 0 amide bonds. The average Bonchev–Trinajstić information content (AvgIpc) is 3.23. The Hall–Kier alpha value is -1.72. The first-order valence-corrected chi connectivity index (χ1v) is 9.00. The molecule has 1 aromatic heterocycles. The molecule has 2 N–H and O–H groups in total. The molecule has 3 rings (SSSR count). The van der Waals surface area contributed by atoms with E-state index < -0.39 is 0 Å². The molecule has 1 unspecified atom stereocenters. The summed E-state index contributed by atoms with van der Waals surface area (Å²) in [4.78, 5) is 7.99. The van der Waals surface area contributed by atoms with Crippen LogP contribution in [0.1, 0.15) is 11.3 Å². The fourth-order valence-electron chi connectivity index (χ4n) is 2.76. The van der Waals surface area contributed by atoms with Crippen LogP contribution in [-0.2, 0) is 6.54 Å². The van der Waals surface area contributed by atoms with Gasteiger partial charge in [-0.25, -0.2) is 0 Å². The number of nitrogens with one attached hydrogen (secondary N) is 2. The number of hydrogen-bond donors (Lipinski definition) is 2. The molecule has 23 heavy (non-hydrogen) atoms. The molecule has 0 saturated carbocycles. The molecule has 2 heterocycles. The van der Waals surface area contributed by atoms with Crippen LogP contribution in [0.3, 0.4) is 0 Å². The molecule has 1 atom stereocenters. The van der Waals surface area contributed by atoms with Crippen molar-refractivity contribution in [3.8, 4) is 0 Å². The minimum atomic E-state index is 0.392. The van der Waals surface area contributed by atoms with Gasteiger partial charge in [-0.15, -0.1) is 11.3 Å². The van der Waals surface area contributed by atoms with E-state index in [4.69, 9.17) is 11.6 Å². The predicted octanol–water partition coefficient (Wildman–Crippen LogP) is 3.35.